The summed E-state index contributed by atoms with van der Waals surface area (Å²) in [6.45, 7) is 2.04. The van der Waals surface area contributed by atoms with Crippen LogP contribution in [0.25, 0.3) is 0 Å². The van der Waals surface area contributed by atoms with Crippen LogP contribution < -0.4 is 11.1 Å². The number of nitrogens with two attached hydrogens (primary N) is 1. The Kier molecular flexibility index (Phi) is 2.14. The molecule has 14 heavy (non-hydrogen) atoms. The number of nitrogens with one attached hydrogen (secondary N) is 2. The SMILES string of the molecule is Cc1ccc(N)c(Nc2ccc[nH]2)c1. The van der Waals surface area contributed by atoms with Gasteiger partial charge in [-0.05, 0) is 36.8 Å². The van der Waals surface area contributed by atoms with Crippen LogP contribution in [0.15, 0.2) is 36.5 Å². The number of H-pyrrole nitrogens is 1. The minimum atomic E-state index is 0.755. The predicted molar refractivity (Wildman–Crippen MR) is 59.7 cm³/mol. The molecule has 0 spiro atoms. The van der Waals surface area contributed by atoms with Gasteiger partial charge in [-0.25, -0.2) is 0 Å². The van der Waals surface area contributed by atoms with Crippen LogP contribution in [0.5, 0.6) is 0 Å². The van der Waals surface area contributed by atoms with Crippen molar-refractivity contribution in [3.8, 4) is 0 Å². The van der Waals surface area contributed by atoms with Gasteiger partial charge in [0.1, 0.15) is 5.82 Å². The molecule has 3 nitrogen and oxygen atoms in total. The number of hydrogen-bond acceptors (Lipinski definition) is 2. The van der Waals surface area contributed by atoms with Gasteiger partial charge in [0.15, 0.2) is 0 Å². The Morgan fingerprint density at radius 2 is 2.14 bits per heavy atom. The number of anilines is 3. The fourth-order valence-corrected chi connectivity index (χ4v) is 1.33. The second kappa shape index (κ2) is 3.46. The van der Waals surface area contributed by atoms with Crippen LogP contribution in [-0.2, 0) is 0 Å². The fraction of sp³-hybridized carbons (Fsp3) is 0.0909. The Hall–Kier alpha value is -1.90. The third-order valence-corrected chi connectivity index (χ3v) is 2.08. The van der Waals surface area contributed by atoms with Crippen LogP contribution in [0, 0.1) is 6.92 Å². The summed E-state index contributed by atoms with van der Waals surface area (Å²) in [7, 11) is 0. The molecule has 0 radical (unpaired) electrons. The second-order valence-electron chi connectivity index (χ2n) is 3.30. The highest BCUT2D eigenvalue weighted by Gasteiger charge is 1.99. The zero-order valence-corrected chi connectivity index (χ0v) is 8.04. The number of aryl methyl sites for hydroxylation is 1. The molecule has 0 bridgehead atoms. The monoisotopic (exact) mass is 187 g/mol. The summed E-state index contributed by atoms with van der Waals surface area (Å²) in [5.74, 6) is 0.947. The number of benzene rings is 1. The molecule has 0 atom stereocenters. The Bertz CT molecular complexity index is 418. The van der Waals surface area contributed by atoms with E-state index in [1.807, 2.05) is 43.5 Å². The van der Waals surface area contributed by atoms with Gasteiger partial charge >= 0.3 is 0 Å². The van der Waals surface area contributed by atoms with Crippen molar-refractivity contribution < 1.29 is 0 Å². The Morgan fingerprint density at radius 3 is 2.86 bits per heavy atom. The van der Waals surface area contributed by atoms with Gasteiger partial charge in [0.05, 0.1) is 11.4 Å². The summed E-state index contributed by atoms with van der Waals surface area (Å²) in [6, 6.07) is 9.82. The molecule has 1 heterocycles. The maximum absolute atomic E-state index is 5.83. The van der Waals surface area contributed by atoms with Crippen molar-refractivity contribution in [2.24, 2.45) is 0 Å². The van der Waals surface area contributed by atoms with Gasteiger partial charge in [-0.3, -0.25) is 0 Å². The summed E-state index contributed by atoms with van der Waals surface area (Å²) >= 11 is 0. The number of aromatic nitrogens is 1. The fourth-order valence-electron chi connectivity index (χ4n) is 1.33. The quantitative estimate of drug-likeness (QED) is 0.633. The molecule has 0 aliphatic rings. The lowest BCUT2D eigenvalue weighted by Crippen LogP contribution is -1.96. The van der Waals surface area contributed by atoms with E-state index >= 15 is 0 Å². The van der Waals surface area contributed by atoms with Crippen molar-refractivity contribution in [3.63, 3.8) is 0 Å². The smallest absolute Gasteiger partial charge is 0.107 e. The third kappa shape index (κ3) is 1.71. The molecule has 1 aromatic heterocycles. The first-order valence-electron chi connectivity index (χ1n) is 4.52. The zero-order chi connectivity index (χ0) is 9.97. The molecule has 2 aromatic rings. The lowest BCUT2D eigenvalue weighted by molar-refractivity contribution is 1.37. The minimum absolute atomic E-state index is 0.755. The van der Waals surface area contributed by atoms with E-state index in [-0.39, 0.29) is 0 Å². The van der Waals surface area contributed by atoms with Crippen molar-refractivity contribution >= 4 is 17.2 Å². The second-order valence-corrected chi connectivity index (χ2v) is 3.30. The third-order valence-electron chi connectivity index (χ3n) is 2.08. The molecule has 0 unspecified atom stereocenters. The zero-order valence-electron chi connectivity index (χ0n) is 8.04. The van der Waals surface area contributed by atoms with Gasteiger partial charge in [-0.1, -0.05) is 6.07 Å². The highest BCUT2D eigenvalue weighted by atomic mass is 15.0. The van der Waals surface area contributed by atoms with Crippen molar-refractivity contribution in [3.05, 3.63) is 42.1 Å². The highest BCUT2D eigenvalue weighted by Crippen LogP contribution is 2.22. The average molecular weight is 187 g/mol. The summed E-state index contributed by atoms with van der Waals surface area (Å²) in [6.07, 6.45) is 1.87. The molecule has 2 rings (SSSR count). The molecule has 0 saturated carbocycles. The van der Waals surface area contributed by atoms with Gasteiger partial charge in [0.2, 0.25) is 0 Å². The van der Waals surface area contributed by atoms with Crippen molar-refractivity contribution in [2.75, 3.05) is 11.1 Å². The molecular weight excluding hydrogens is 174 g/mol. The first-order valence-corrected chi connectivity index (χ1v) is 4.52. The predicted octanol–water partition coefficient (Wildman–Crippen LogP) is 2.65. The largest absolute Gasteiger partial charge is 0.397 e. The van der Waals surface area contributed by atoms with Crippen molar-refractivity contribution in [2.45, 2.75) is 6.92 Å². The van der Waals surface area contributed by atoms with E-state index in [1.54, 1.807) is 0 Å². The number of rotatable bonds is 2. The summed E-state index contributed by atoms with van der Waals surface area (Å²) in [4.78, 5) is 3.07. The summed E-state index contributed by atoms with van der Waals surface area (Å²) < 4.78 is 0. The summed E-state index contributed by atoms with van der Waals surface area (Å²) in [5, 5.41) is 3.21. The Labute approximate surface area is 83.0 Å². The maximum atomic E-state index is 5.83. The Balaban J connectivity index is 2.28. The van der Waals surface area contributed by atoms with Gasteiger partial charge in [-0.2, -0.15) is 0 Å². The topological polar surface area (TPSA) is 53.8 Å². The van der Waals surface area contributed by atoms with Crippen molar-refractivity contribution in [1.82, 2.24) is 4.98 Å². The van der Waals surface area contributed by atoms with E-state index in [0.717, 1.165) is 17.2 Å². The normalized spacial score (nSPS) is 10.1. The molecule has 0 aliphatic heterocycles. The first-order chi connectivity index (χ1) is 6.75. The van der Waals surface area contributed by atoms with Crippen LogP contribution in [-0.4, -0.2) is 4.98 Å². The first kappa shape index (κ1) is 8.69. The van der Waals surface area contributed by atoms with E-state index in [1.165, 1.54) is 5.56 Å². The number of aromatic amines is 1. The van der Waals surface area contributed by atoms with Crippen LogP contribution >= 0.6 is 0 Å². The number of nitrogen functional groups attached to an aromatic ring is 1. The highest BCUT2D eigenvalue weighted by molar-refractivity contribution is 5.71. The maximum Gasteiger partial charge on any atom is 0.107 e. The van der Waals surface area contributed by atoms with Gasteiger partial charge < -0.3 is 16.0 Å². The molecule has 0 saturated heterocycles. The summed E-state index contributed by atoms with van der Waals surface area (Å²) in [5.41, 5.74) is 8.71. The van der Waals surface area contributed by atoms with Crippen LogP contribution in [0.3, 0.4) is 0 Å². The molecule has 3 heteroatoms. The van der Waals surface area contributed by atoms with Gasteiger partial charge in [0.25, 0.3) is 0 Å². The van der Waals surface area contributed by atoms with Crippen molar-refractivity contribution in [1.29, 1.82) is 0 Å². The lowest BCUT2D eigenvalue weighted by Gasteiger charge is -2.08. The molecule has 4 N–H and O–H groups in total. The lowest BCUT2D eigenvalue weighted by atomic mass is 10.2. The molecule has 0 amide bonds. The molecule has 1 aromatic carbocycles. The Morgan fingerprint density at radius 1 is 1.29 bits per heavy atom. The molecule has 72 valence electrons. The molecule has 0 fully saturated rings. The van der Waals surface area contributed by atoms with E-state index < -0.39 is 0 Å². The van der Waals surface area contributed by atoms with Crippen LogP contribution in [0.2, 0.25) is 0 Å². The van der Waals surface area contributed by atoms with E-state index in [9.17, 15) is 0 Å². The number of hydrogen-bond donors (Lipinski definition) is 3. The van der Waals surface area contributed by atoms with E-state index in [2.05, 4.69) is 10.3 Å². The molecular formula is C11H13N3. The van der Waals surface area contributed by atoms with Gasteiger partial charge in [0, 0.05) is 6.20 Å². The minimum Gasteiger partial charge on any atom is -0.397 e. The average Bonchev–Trinajstić information content (AvgIpc) is 2.64. The van der Waals surface area contributed by atoms with Gasteiger partial charge in [-0.15, -0.1) is 0 Å². The van der Waals surface area contributed by atoms with E-state index in [4.69, 9.17) is 5.73 Å². The van der Waals surface area contributed by atoms with Crippen LogP contribution in [0.4, 0.5) is 17.2 Å². The standard InChI is InChI=1S/C11H13N3/c1-8-4-5-9(12)10(7-8)14-11-3-2-6-13-11/h2-7,13-14H,12H2,1H3. The molecule has 0 aliphatic carbocycles. The van der Waals surface area contributed by atoms with E-state index in [0.29, 0.717) is 0 Å². The van der Waals surface area contributed by atoms with Crippen LogP contribution in [0.1, 0.15) is 5.56 Å².